The fourth-order valence-corrected chi connectivity index (χ4v) is 6.01. The molecule has 2 saturated heterocycles. The highest BCUT2D eigenvalue weighted by Gasteiger charge is 2.64. The lowest BCUT2D eigenvalue weighted by molar-refractivity contribution is -0.142. The van der Waals surface area contributed by atoms with Gasteiger partial charge in [0.15, 0.2) is 5.78 Å². The Hall–Kier alpha value is -4.39. The summed E-state index contributed by atoms with van der Waals surface area (Å²) in [6, 6.07) is 21.0. The van der Waals surface area contributed by atoms with Gasteiger partial charge in [0.2, 0.25) is 11.8 Å². The fourth-order valence-electron chi connectivity index (χ4n) is 6.01. The molecule has 3 aliphatic rings. The van der Waals surface area contributed by atoms with Gasteiger partial charge in [0.05, 0.1) is 44.2 Å². The van der Waals surface area contributed by atoms with Gasteiger partial charge in [0.25, 0.3) is 0 Å². The predicted octanol–water partition coefficient (Wildman–Crippen LogP) is 4.10. The Bertz CT molecular complexity index is 1430. The standard InChI is InChI=1S/C30H26N2O5/c1-36-20-12-13-23(37-2)22(16-20)28(33)27-25-24(26-21-11-7-6-10-19(21)14-15-31(26)27)29(34)32(30(25)35)17-18-8-4-3-5-9-18/h3-16,24-27H,17H2,1-2H3/t24-,25+,26?,27-/m0/s1. The monoisotopic (exact) mass is 494 g/mol. The lowest BCUT2D eigenvalue weighted by Crippen LogP contribution is -2.44. The van der Waals surface area contributed by atoms with Crippen LogP contribution in [-0.2, 0) is 16.1 Å². The molecule has 6 rings (SSSR count). The van der Waals surface area contributed by atoms with E-state index in [2.05, 4.69) is 0 Å². The van der Waals surface area contributed by atoms with Crippen LogP contribution in [-0.4, -0.2) is 47.7 Å². The minimum absolute atomic E-state index is 0.180. The fraction of sp³-hybridized carbons (Fsp3) is 0.233. The molecule has 0 bridgehead atoms. The number of imide groups is 1. The van der Waals surface area contributed by atoms with Crippen molar-refractivity contribution in [2.24, 2.45) is 11.8 Å². The summed E-state index contributed by atoms with van der Waals surface area (Å²) in [7, 11) is 3.03. The second-order valence-electron chi connectivity index (χ2n) is 9.51. The van der Waals surface area contributed by atoms with Crippen molar-refractivity contribution in [1.29, 1.82) is 0 Å². The zero-order valence-electron chi connectivity index (χ0n) is 20.5. The molecule has 0 N–H and O–H groups in total. The molecule has 7 heteroatoms. The Morgan fingerprint density at radius 2 is 1.59 bits per heavy atom. The SMILES string of the molecule is COc1ccc(OC)c(C(=O)[C@@H]2[C@@H]3C(=O)N(Cc4ccccc4)C(=O)[C@@H]3C3c4ccccc4C=CN32)c1. The Morgan fingerprint density at radius 3 is 2.35 bits per heavy atom. The molecule has 4 atom stereocenters. The summed E-state index contributed by atoms with van der Waals surface area (Å²) >= 11 is 0. The van der Waals surface area contributed by atoms with Gasteiger partial charge in [0.1, 0.15) is 17.5 Å². The first kappa shape index (κ1) is 23.0. The predicted molar refractivity (Wildman–Crippen MR) is 137 cm³/mol. The molecule has 3 aliphatic heterocycles. The quantitative estimate of drug-likeness (QED) is 0.380. The molecular weight excluding hydrogens is 468 g/mol. The summed E-state index contributed by atoms with van der Waals surface area (Å²) in [4.78, 5) is 45.3. The molecule has 37 heavy (non-hydrogen) atoms. The van der Waals surface area contributed by atoms with Crippen molar-refractivity contribution in [1.82, 2.24) is 9.80 Å². The molecule has 3 heterocycles. The zero-order valence-corrected chi connectivity index (χ0v) is 20.5. The first-order chi connectivity index (χ1) is 18.0. The summed E-state index contributed by atoms with van der Waals surface area (Å²) in [6.07, 6.45) is 3.79. The van der Waals surface area contributed by atoms with Crippen LogP contribution in [0.5, 0.6) is 11.5 Å². The normalized spacial score (nSPS) is 23.5. The van der Waals surface area contributed by atoms with E-state index in [0.717, 1.165) is 16.7 Å². The van der Waals surface area contributed by atoms with Crippen LogP contribution < -0.4 is 9.47 Å². The van der Waals surface area contributed by atoms with Gasteiger partial charge in [-0.05, 0) is 41.0 Å². The maximum atomic E-state index is 14.2. The topological polar surface area (TPSA) is 76.1 Å². The van der Waals surface area contributed by atoms with Crippen molar-refractivity contribution >= 4 is 23.7 Å². The molecule has 0 radical (unpaired) electrons. The van der Waals surface area contributed by atoms with E-state index < -0.39 is 23.9 Å². The van der Waals surface area contributed by atoms with E-state index in [0.29, 0.717) is 17.1 Å². The number of Topliss-reactive ketones (excluding diaryl/α,β-unsaturated/α-hetero) is 1. The van der Waals surface area contributed by atoms with Gasteiger partial charge in [-0.1, -0.05) is 54.6 Å². The van der Waals surface area contributed by atoms with Crippen LogP contribution in [0.2, 0.25) is 0 Å². The number of hydrogen-bond acceptors (Lipinski definition) is 6. The lowest BCUT2D eigenvalue weighted by atomic mass is 9.83. The molecule has 186 valence electrons. The number of carbonyl (C=O) groups is 3. The highest BCUT2D eigenvalue weighted by Crippen LogP contribution is 2.53. The first-order valence-corrected chi connectivity index (χ1v) is 12.2. The van der Waals surface area contributed by atoms with Gasteiger partial charge in [-0.2, -0.15) is 0 Å². The van der Waals surface area contributed by atoms with Crippen molar-refractivity contribution in [3.63, 3.8) is 0 Å². The van der Waals surface area contributed by atoms with Gasteiger partial charge in [-0.25, -0.2) is 0 Å². The summed E-state index contributed by atoms with van der Waals surface area (Å²) in [5.41, 5.74) is 3.11. The number of methoxy groups -OCH3 is 2. The second kappa shape index (κ2) is 8.92. The number of fused-ring (bicyclic) bond motifs is 5. The highest BCUT2D eigenvalue weighted by molar-refractivity contribution is 6.12. The molecule has 0 aromatic heterocycles. The Kier molecular flexibility index (Phi) is 5.56. The maximum Gasteiger partial charge on any atom is 0.236 e. The molecule has 1 unspecified atom stereocenters. The van der Waals surface area contributed by atoms with Crippen molar-refractivity contribution in [2.45, 2.75) is 18.6 Å². The van der Waals surface area contributed by atoms with Crippen LogP contribution in [0.1, 0.15) is 33.1 Å². The first-order valence-electron chi connectivity index (χ1n) is 12.2. The van der Waals surface area contributed by atoms with Crippen LogP contribution in [0.4, 0.5) is 0 Å². The number of hydrogen-bond donors (Lipinski definition) is 0. The maximum absolute atomic E-state index is 14.2. The second-order valence-corrected chi connectivity index (χ2v) is 9.51. The Morgan fingerprint density at radius 1 is 0.865 bits per heavy atom. The molecule has 3 aromatic rings. The average Bonchev–Trinajstić information content (AvgIpc) is 3.41. The Labute approximate surface area is 214 Å². The third kappa shape index (κ3) is 3.53. The molecule has 3 aromatic carbocycles. The third-order valence-corrected chi connectivity index (χ3v) is 7.68. The molecule has 2 amide bonds. The number of rotatable bonds is 6. The van der Waals surface area contributed by atoms with Crippen LogP contribution in [0.15, 0.2) is 79.0 Å². The number of nitrogens with zero attached hydrogens (tertiary/aromatic N) is 2. The zero-order chi connectivity index (χ0) is 25.7. The van der Waals surface area contributed by atoms with Gasteiger partial charge >= 0.3 is 0 Å². The van der Waals surface area contributed by atoms with Crippen molar-refractivity contribution in [2.75, 3.05) is 14.2 Å². The smallest absolute Gasteiger partial charge is 0.236 e. The van der Waals surface area contributed by atoms with Gasteiger partial charge in [-0.3, -0.25) is 19.3 Å². The van der Waals surface area contributed by atoms with E-state index in [-0.39, 0.29) is 24.1 Å². The number of amides is 2. The van der Waals surface area contributed by atoms with Gasteiger partial charge < -0.3 is 14.4 Å². The number of carbonyl (C=O) groups excluding carboxylic acids is 3. The van der Waals surface area contributed by atoms with Gasteiger partial charge in [0, 0.05) is 6.20 Å². The lowest BCUT2D eigenvalue weighted by Gasteiger charge is -2.35. The van der Waals surface area contributed by atoms with Crippen LogP contribution >= 0.6 is 0 Å². The molecule has 7 nitrogen and oxygen atoms in total. The third-order valence-electron chi connectivity index (χ3n) is 7.68. The molecule has 0 aliphatic carbocycles. The van der Waals surface area contributed by atoms with E-state index in [4.69, 9.17) is 9.47 Å². The molecule has 0 saturated carbocycles. The van der Waals surface area contributed by atoms with E-state index in [1.807, 2.05) is 71.8 Å². The van der Waals surface area contributed by atoms with Crippen molar-refractivity contribution in [3.8, 4) is 11.5 Å². The summed E-state index contributed by atoms with van der Waals surface area (Å²) in [5.74, 6) is -1.43. The summed E-state index contributed by atoms with van der Waals surface area (Å²) < 4.78 is 10.9. The van der Waals surface area contributed by atoms with Gasteiger partial charge in [-0.15, -0.1) is 0 Å². The van der Waals surface area contributed by atoms with E-state index in [1.165, 1.54) is 19.1 Å². The van der Waals surface area contributed by atoms with E-state index in [9.17, 15) is 14.4 Å². The van der Waals surface area contributed by atoms with Crippen molar-refractivity contribution in [3.05, 3.63) is 101 Å². The highest BCUT2D eigenvalue weighted by atomic mass is 16.5. The minimum Gasteiger partial charge on any atom is -0.497 e. The van der Waals surface area contributed by atoms with Crippen LogP contribution in [0.3, 0.4) is 0 Å². The van der Waals surface area contributed by atoms with Crippen LogP contribution in [0.25, 0.3) is 6.08 Å². The average molecular weight is 495 g/mol. The molecular formula is C30H26N2O5. The molecule has 0 spiro atoms. The summed E-state index contributed by atoms with van der Waals surface area (Å²) in [5, 5.41) is 0. The van der Waals surface area contributed by atoms with E-state index in [1.54, 1.807) is 18.2 Å². The minimum atomic E-state index is -0.863. The van der Waals surface area contributed by atoms with E-state index >= 15 is 0 Å². The van der Waals surface area contributed by atoms with Crippen LogP contribution in [0, 0.1) is 11.8 Å². The largest absolute Gasteiger partial charge is 0.497 e. The number of ether oxygens (including phenoxy) is 2. The number of benzene rings is 3. The van der Waals surface area contributed by atoms with Crippen molar-refractivity contribution < 1.29 is 23.9 Å². The number of ketones is 1. The Balaban J connectivity index is 1.47. The molecule has 2 fully saturated rings. The number of likely N-dealkylation sites (tertiary alicyclic amines) is 1. The summed E-state index contributed by atoms with van der Waals surface area (Å²) in [6.45, 7) is 0.180.